The van der Waals surface area contributed by atoms with Crippen LogP contribution in [-0.4, -0.2) is 18.0 Å². The predicted molar refractivity (Wildman–Crippen MR) is 86.1 cm³/mol. The van der Waals surface area contributed by atoms with Gasteiger partial charge in [0.05, 0.1) is 6.10 Å². The molecule has 2 aromatic carbocycles. The molecule has 5 heteroatoms. The first-order valence-electron chi connectivity index (χ1n) is 7.48. The van der Waals surface area contributed by atoms with E-state index in [9.17, 15) is 9.59 Å². The van der Waals surface area contributed by atoms with Crippen LogP contribution >= 0.6 is 0 Å². The van der Waals surface area contributed by atoms with E-state index in [1.807, 2.05) is 44.2 Å². The number of imide groups is 1. The van der Waals surface area contributed by atoms with Crippen molar-refractivity contribution >= 4 is 11.9 Å². The molecule has 1 atom stereocenters. The van der Waals surface area contributed by atoms with E-state index in [2.05, 4.69) is 10.6 Å². The van der Waals surface area contributed by atoms with Crippen LogP contribution in [0.3, 0.4) is 0 Å². The topological polar surface area (TPSA) is 67.4 Å². The van der Waals surface area contributed by atoms with Crippen molar-refractivity contribution in [2.24, 2.45) is 0 Å². The van der Waals surface area contributed by atoms with Gasteiger partial charge in [-0.1, -0.05) is 42.5 Å². The predicted octanol–water partition coefficient (Wildman–Crippen LogP) is 2.56. The van der Waals surface area contributed by atoms with E-state index < -0.39 is 11.6 Å². The van der Waals surface area contributed by atoms with Crippen molar-refractivity contribution < 1.29 is 14.3 Å². The van der Waals surface area contributed by atoms with Crippen LogP contribution in [0.4, 0.5) is 4.79 Å². The first kappa shape index (κ1) is 15.1. The Labute approximate surface area is 134 Å². The molecule has 3 amide bonds. The Balaban J connectivity index is 2.07. The fourth-order valence-corrected chi connectivity index (χ4v) is 2.77. The lowest BCUT2D eigenvalue weighted by atomic mass is 9.83. The van der Waals surface area contributed by atoms with Crippen molar-refractivity contribution in [3.8, 4) is 5.75 Å². The Bertz CT molecular complexity index is 726. The molecule has 1 saturated heterocycles. The van der Waals surface area contributed by atoms with E-state index >= 15 is 0 Å². The number of nitrogens with one attached hydrogen (secondary N) is 2. The number of carbonyl (C=O) groups is 2. The van der Waals surface area contributed by atoms with E-state index in [0.29, 0.717) is 11.1 Å². The number of hydrogen-bond acceptors (Lipinski definition) is 3. The van der Waals surface area contributed by atoms with Crippen LogP contribution in [0.2, 0.25) is 0 Å². The number of carbonyl (C=O) groups excluding carboxylic acids is 2. The first-order valence-corrected chi connectivity index (χ1v) is 7.48. The van der Waals surface area contributed by atoms with Crippen molar-refractivity contribution in [3.05, 3.63) is 65.7 Å². The summed E-state index contributed by atoms with van der Waals surface area (Å²) >= 11 is 0. The van der Waals surface area contributed by atoms with Gasteiger partial charge in [0.25, 0.3) is 5.91 Å². The highest BCUT2D eigenvalue weighted by molar-refractivity contribution is 6.09. The Morgan fingerprint density at radius 2 is 1.52 bits per heavy atom. The molecule has 2 aromatic rings. The van der Waals surface area contributed by atoms with Crippen LogP contribution in [0.25, 0.3) is 0 Å². The highest BCUT2D eigenvalue weighted by Gasteiger charge is 2.49. The Hall–Kier alpha value is -2.82. The monoisotopic (exact) mass is 310 g/mol. The largest absolute Gasteiger partial charge is 0.491 e. The Morgan fingerprint density at radius 3 is 2.04 bits per heavy atom. The molecule has 0 aliphatic carbocycles. The lowest BCUT2D eigenvalue weighted by Crippen LogP contribution is -2.44. The number of hydrogen-bond donors (Lipinski definition) is 2. The van der Waals surface area contributed by atoms with Gasteiger partial charge in [-0.05, 0) is 37.1 Å². The molecule has 2 N–H and O–H groups in total. The van der Waals surface area contributed by atoms with E-state index in [-0.39, 0.29) is 12.0 Å². The Kier molecular flexibility index (Phi) is 3.78. The minimum Gasteiger partial charge on any atom is -0.491 e. The summed E-state index contributed by atoms with van der Waals surface area (Å²) in [5.41, 5.74) is 0.179. The summed E-state index contributed by atoms with van der Waals surface area (Å²) in [5, 5.41) is 5.10. The smallest absolute Gasteiger partial charge is 0.322 e. The molecule has 3 rings (SSSR count). The van der Waals surface area contributed by atoms with Gasteiger partial charge in [-0.3, -0.25) is 10.1 Å². The van der Waals surface area contributed by atoms with Crippen LogP contribution in [0.15, 0.2) is 54.6 Å². The van der Waals surface area contributed by atoms with E-state index in [4.69, 9.17) is 4.74 Å². The second kappa shape index (κ2) is 5.76. The zero-order chi connectivity index (χ0) is 16.4. The van der Waals surface area contributed by atoms with Gasteiger partial charge in [-0.25, -0.2) is 4.79 Å². The highest BCUT2D eigenvalue weighted by atomic mass is 16.5. The molecule has 0 bridgehead atoms. The number of benzene rings is 2. The molecule has 0 unspecified atom stereocenters. The normalized spacial score (nSPS) is 20.3. The minimum absolute atomic E-state index is 0.0680. The molecule has 0 spiro atoms. The third-order valence-corrected chi connectivity index (χ3v) is 3.73. The van der Waals surface area contributed by atoms with Crippen LogP contribution in [0.1, 0.15) is 25.0 Å². The lowest BCUT2D eigenvalue weighted by Gasteiger charge is -2.27. The molecule has 0 saturated carbocycles. The van der Waals surface area contributed by atoms with Gasteiger partial charge in [0.15, 0.2) is 5.54 Å². The molecule has 1 fully saturated rings. The van der Waals surface area contributed by atoms with Crippen LogP contribution in [-0.2, 0) is 10.3 Å². The van der Waals surface area contributed by atoms with E-state index in [1.54, 1.807) is 24.3 Å². The Morgan fingerprint density at radius 1 is 0.913 bits per heavy atom. The van der Waals surface area contributed by atoms with Crippen molar-refractivity contribution in [1.82, 2.24) is 10.6 Å². The molecular formula is C18H18N2O3. The summed E-state index contributed by atoms with van der Waals surface area (Å²) in [4.78, 5) is 24.3. The second-order valence-electron chi connectivity index (χ2n) is 5.72. The standard InChI is InChI=1S/C18H18N2O3/c1-12(2)23-15-10-8-14(9-11-15)18(13-6-4-3-5-7-13)16(21)19-17(22)20-18/h3-12H,1-2H3,(H2,19,20,21,22)/t18-/m1/s1. The van der Waals surface area contributed by atoms with Crippen LogP contribution < -0.4 is 15.4 Å². The maximum absolute atomic E-state index is 12.5. The summed E-state index contributed by atoms with van der Waals surface area (Å²) in [7, 11) is 0. The quantitative estimate of drug-likeness (QED) is 0.853. The van der Waals surface area contributed by atoms with Gasteiger partial charge in [-0.15, -0.1) is 0 Å². The average molecular weight is 310 g/mol. The summed E-state index contributed by atoms with van der Waals surface area (Å²) in [5.74, 6) is 0.336. The number of rotatable bonds is 4. The third kappa shape index (κ3) is 2.65. The van der Waals surface area contributed by atoms with Gasteiger partial charge >= 0.3 is 6.03 Å². The second-order valence-corrected chi connectivity index (χ2v) is 5.72. The zero-order valence-corrected chi connectivity index (χ0v) is 13.0. The third-order valence-electron chi connectivity index (χ3n) is 3.73. The number of ether oxygens (including phenoxy) is 1. The highest BCUT2D eigenvalue weighted by Crippen LogP contribution is 2.33. The molecule has 118 valence electrons. The van der Waals surface area contributed by atoms with Gasteiger partial charge in [0.2, 0.25) is 0 Å². The van der Waals surface area contributed by atoms with E-state index in [0.717, 1.165) is 5.75 Å². The SMILES string of the molecule is CC(C)Oc1ccc([C@@]2(c3ccccc3)NC(=O)NC2=O)cc1. The molecule has 1 aliphatic heterocycles. The van der Waals surface area contributed by atoms with E-state index in [1.165, 1.54) is 0 Å². The summed E-state index contributed by atoms with van der Waals surface area (Å²) in [6.45, 7) is 3.90. The molecule has 5 nitrogen and oxygen atoms in total. The fraction of sp³-hybridized carbons (Fsp3) is 0.222. The minimum atomic E-state index is -1.21. The maximum atomic E-state index is 12.5. The molecular weight excluding hydrogens is 292 g/mol. The van der Waals surface area contributed by atoms with Crippen LogP contribution in [0, 0.1) is 0 Å². The average Bonchev–Trinajstić information content (AvgIpc) is 2.84. The lowest BCUT2D eigenvalue weighted by molar-refractivity contribution is -0.122. The zero-order valence-electron chi connectivity index (χ0n) is 13.0. The molecule has 1 aliphatic rings. The van der Waals surface area contributed by atoms with Gasteiger partial charge in [-0.2, -0.15) is 0 Å². The van der Waals surface area contributed by atoms with Crippen molar-refractivity contribution in [1.29, 1.82) is 0 Å². The molecule has 0 aromatic heterocycles. The summed E-state index contributed by atoms with van der Waals surface area (Å²) in [6.07, 6.45) is 0.0680. The van der Waals surface area contributed by atoms with Gasteiger partial charge in [0.1, 0.15) is 5.75 Å². The van der Waals surface area contributed by atoms with Gasteiger partial charge < -0.3 is 10.1 Å². The molecule has 1 heterocycles. The molecule has 23 heavy (non-hydrogen) atoms. The summed E-state index contributed by atoms with van der Waals surface area (Å²) < 4.78 is 5.63. The van der Waals surface area contributed by atoms with Crippen molar-refractivity contribution in [2.45, 2.75) is 25.5 Å². The molecule has 0 radical (unpaired) electrons. The fourth-order valence-electron chi connectivity index (χ4n) is 2.77. The number of amides is 3. The summed E-state index contributed by atoms with van der Waals surface area (Å²) in [6, 6.07) is 15.9. The van der Waals surface area contributed by atoms with Gasteiger partial charge in [0, 0.05) is 0 Å². The first-order chi connectivity index (χ1) is 11.0. The van der Waals surface area contributed by atoms with Crippen LogP contribution in [0.5, 0.6) is 5.75 Å². The maximum Gasteiger partial charge on any atom is 0.322 e. The van der Waals surface area contributed by atoms with Crippen molar-refractivity contribution in [2.75, 3.05) is 0 Å². The van der Waals surface area contributed by atoms with Crippen molar-refractivity contribution in [3.63, 3.8) is 0 Å². The number of urea groups is 1.